The predicted octanol–water partition coefficient (Wildman–Crippen LogP) is 5.19. The second-order valence-electron chi connectivity index (χ2n) is 6.00. The highest BCUT2D eigenvalue weighted by Gasteiger charge is 2.04. The van der Waals surface area contributed by atoms with Crippen molar-refractivity contribution in [2.75, 3.05) is 4.81 Å². The number of hydrogen-bond acceptors (Lipinski definition) is 1. The molecule has 1 nitrogen and oxygen atoms in total. The van der Waals surface area contributed by atoms with Crippen LogP contribution in [-0.4, -0.2) is 7.98 Å². The maximum Gasteiger partial charge on any atom is 0.223 e. The van der Waals surface area contributed by atoms with Crippen LogP contribution >= 0.6 is 0 Å². The van der Waals surface area contributed by atoms with Gasteiger partial charge in [-0.05, 0) is 52.2 Å². The van der Waals surface area contributed by atoms with Crippen LogP contribution in [0, 0.1) is 0 Å². The third-order valence-electron chi connectivity index (χ3n) is 4.48. The second kappa shape index (κ2) is 6.25. The standard InChI is InChI=1S/C22H18BN/c23-24(21-8-2-1-3-9-21)22-14-12-18(13-15-22)20-11-10-17-6-4-5-7-19(17)16-20/h1-16H,23H2. The molecule has 0 bridgehead atoms. The fourth-order valence-electron chi connectivity index (χ4n) is 3.05. The van der Waals surface area contributed by atoms with Gasteiger partial charge in [-0.15, -0.1) is 0 Å². The van der Waals surface area contributed by atoms with Crippen LogP contribution in [0.5, 0.6) is 0 Å². The Kier molecular flexibility index (Phi) is 3.80. The first-order chi connectivity index (χ1) is 11.8. The normalized spacial score (nSPS) is 10.7. The lowest BCUT2D eigenvalue weighted by Gasteiger charge is -2.20. The molecule has 0 aliphatic carbocycles. The van der Waals surface area contributed by atoms with Crippen LogP contribution in [-0.2, 0) is 0 Å². The molecule has 0 amide bonds. The maximum absolute atomic E-state index is 2.26. The van der Waals surface area contributed by atoms with Crippen molar-refractivity contribution >= 4 is 30.1 Å². The number of benzene rings is 4. The zero-order valence-electron chi connectivity index (χ0n) is 13.7. The molecule has 0 fully saturated rings. The average molecular weight is 307 g/mol. The minimum atomic E-state index is 1.19. The quantitative estimate of drug-likeness (QED) is 0.471. The van der Waals surface area contributed by atoms with Crippen LogP contribution in [0.4, 0.5) is 11.4 Å². The van der Waals surface area contributed by atoms with E-state index in [1.165, 1.54) is 33.3 Å². The van der Waals surface area contributed by atoms with Crippen molar-refractivity contribution in [1.29, 1.82) is 0 Å². The molecule has 0 heterocycles. The molecule has 0 aliphatic heterocycles. The Morgan fingerprint density at radius 3 is 1.83 bits per heavy atom. The monoisotopic (exact) mass is 307 g/mol. The molecule has 0 saturated carbocycles. The molecule has 2 heteroatoms. The molecular formula is C22H18BN. The molecule has 0 spiro atoms. The van der Waals surface area contributed by atoms with Crippen molar-refractivity contribution in [3.63, 3.8) is 0 Å². The fraction of sp³-hybridized carbons (Fsp3) is 0. The second-order valence-corrected chi connectivity index (χ2v) is 6.00. The zero-order chi connectivity index (χ0) is 16.4. The van der Waals surface area contributed by atoms with Gasteiger partial charge in [0.2, 0.25) is 7.98 Å². The minimum absolute atomic E-state index is 1.19. The van der Waals surface area contributed by atoms with E-state index in [0.717, 1.165) is 0 Å². The maximum atomic E-state index is 2.26. The number of rotatable bonds is 3. The summed E-state index contributed by atoms with van der Waals surface area (Å²) in [4.78, 5) is 2.20. The van der Waals surface area contributed by atoms with Gasteiger partial charge in [0, 0.05) is 11.4 Å². The Hall–Kier alpha value is -3.00. The van der Waals surface area contributed by atoms with Crippen LogP contribution < -0.4 is 4.81 Å². The first-order valence-corrected chi connectivity index (χ1v) is 8.19. The largest absolute Gasteiger partial charge is 0.394 e. The average Bonchev–Trinajstić information content (AvgIpc) is 2.68. The van der Waals surface area contributed by atoms with Crippen LogP contribution in [0.2, 0.25) is 0 Å². The van der Waals surface area contributed by atoms with Crippen LogP contribution in [0.25, 0.3) is 21.9 Å². The van der Waals surface area contributed by atoms with Crippen molar-refractivity contribution < 1.29 is 0 Å². The summed E-state index contributed by atoms with van der Waals surface area (Å²) in [5.41, 5.74) is 4.87. The lowest BCUT2D eigenvalue weighted by molar-refractivity contribution is 1.41. The van der Waals surface area contributed by atoms with Gasteiger partial charge in [0.1, 0.15) is 0 Å². The van der Waals surface area contributed by atoms with Gasteiger partial charge >= 0.3 is 0 Å². The Balaban J connectivity index is 1.65. The molecule has 0 aromatic heterocycles. The van der Waals surface area contributed by atoms with E-state index < -0.39 is 0 Å². The fourth-order valence-corrected chi connectivity index (χ4v) is 3.05. The summed E-state index contributed by atoms with van der Waals surface area (Å²) in [6.07, 6.45) is 0. The SMILES string of the molecule is BN(c1ccccc1)c1ccc(-c2ccc3ccccc3c2)cc1. The van der Waals surface area contributed by atoms with Crippen LogP contribution in [0.1, 0.15) is 0 Å². The van der Waals surface area contributed by atoms with E-state index in [9.17, 15) is 0 Å². The van der Waals surface area contributed by atoms with Crippen LogP contribution in [0.15, 0.2) is 97.1 Å². The highest BCUT2D eigenvalue weighted by molar-refractivity contribution is 6.22. The predicted molar refractivity (Wildman–Crippen MR) is 107 cm³/mol. The first-order valence-electron chi connectivity index (χ1n) is 8.19. The van der Waals surface area contributed by atoms with Crippen molar-refractivity contribution in [2.24, 2.45) is 0 Å². The third-order valence-corrected chi connectivity index (χ3v) is 4.48. The number of para-hydroxylation sites is 1. The molecule has 4 rings (SSSR count). The summed E-state index contributed by atoms with van der Waals surface area (Å²) in [7, 11) is 2.10. The van der Waals surface area contributed by atoms with E-state index >= 15 is 0 Å². The van der Waals surface area contributed by atoms with E-state index in [1.807, 2.05) is 6.07 Å². The Bertz CT molecular complexity index is 962. The van der Waals surface area contributed by atoms with Crippen molar-refractivity contribution in [3.05, 3.63) is 97.1 Å². The first kappa shape index (κ1) is 14.6. The highest BCUT2D eigenvalue weighted by Crippen LogP contribution is 2.28. The highest BCUT2D eigenvalue weighted by atomic mass is 15.0. The van der Waals surface area contributed by atoms with Gasteiger partial charge in [0.05, 0.1) is 0 Å². The number of anilines is 2. The van der Waals surface area contributed by atoms with Gasteiger partial charge in [0.15, 0.2) is 0 Å². The molecule has 0 unspecified atom stereocenters. The molecule has 0 N–H and O–H groups in total. The molecular weight excluding hydrogens is 289 g/mol. The van der Waals surface area contributed by atoms with E-state index in [1.54, 1.807) is 0 Å². The third kappa shape index (κ3) is 2.79. The van der Waals surface area contributed by atoms with E-state index in [2.05, 4.69) is 104 Å². The lowest BCUT2D eigenvalue weighted by atomic mass is 10.0. The van der Waals surface area contributed by atoms with Crippen molar-refractivity contribution in [1.82, 2.24) is 0 Å². The minimum Gasteiger partial charge on any atom is -0.394 e. The summed E-state index contributed by atoms with van der Waals surface area (Å²) < 4.78 is 0. The molecule has 114 valence electrons. The summed E-state index contributed by atoms with van der Waals surface area (Å²) in [6.45, 7) is 0. The van der Waals surface area contributed by atoms with E-state index in [-0.39, 0.29) is 0 Å². The van der Waals surface area contributed by atoms with Gasteiger partial charge in [-0.2, -0.15) is 0 Å². The number of nitrogens with zero attached hydrogens (tertiary/aromatic N) is 1. The molecule has 0 saturated heterocycles. The van der Waals surface area contributed by atoms with Crippen LogP contribution in [0.3, 0.4) is 0 Å². The summed E-state index contributed by atoms with van der Waals surface area (Å²) >= 11 is 0. The van der Waals surface area contributed by atoms with Gasteiger partial charge in [0.25, 0.3) is 0 Å². The van der Waals surface area contributed by atoms with Gasteiger partial charge in [-0.3, -0.25) is 0 Å². The summed E-state index contributed by atoms with van der Waals surface area (Å²) in [5.74, 6) is 0. The Morgan fingerprint density at radius 2 is 1.08 bits per heavy atom. The van der Waals surface area contributed by atoms with Gasteiger partial charge in [-0.25, -0.2) is 0 Å². The molecule has 4 aromatic carbocycles. The number of hydrogen-bond donors (Lipinski definition) is 0. The smallest absolute Gasteiger partial charge is 0.223 e. The Labute approximate surface area is 143 Å². The van der Waals surface area contributed by atoms with E-state index in [4.69, 9.17) is 0 Å². The summed E-state index contributed by atoms with van der Waals surface area (Å²) in [6, 6.07) is 34.3. The van der Waals surface area contributed by atoms with Crippen molar-refractivity contribution in [3.8, 4) is 11.1 Å². The lowest BCUT2D eigenvalue weighted by Crippen LogP contribution is -2.11. The van der Waals surface area contributed by atoms with Crippen molar-refractivity contribution in [2.45, 2.75) is 0 Å². The van der Waals surface area contributed by atoms with Gasteiger partial charge in [-0.1, -0.05) is 66.7 Å². The molecule has 4 aromatic rings. The summed E-state index contributed by atoms with van der Waals surface area (Å²) in [5, 5.41) is 2.56. The molecule has 0 atom stereocenters. The molecule has 0 aliphatic rings. The zero-order valence-corrected chi connectivity index (χ0v) is 13.7. The number of fused-ring (bicyclic) bond motifs is 1. The van der Waals surface area contributed by atoms with E-state index in [0.29, 0.717) is 0 Å². The topological polar surface area (TPSA) is 3.24 Å². The molecule has 24 heavy (non-hydrogen) atoms. The Morgan fingerprint density at radius 1 is 0.500 bits per heavy atom. The van der Waals surface area contributed by atoms with Gasteiger partial charge < -0.3 is 4.81 Å². The molecule has 0 radical (unpaired) electrons.